The molecule has 0 heterocycles. The molecule has 1 N–H and O–H groups in total. The first-order valence-electron chi connectivity index (χ1n) is 27.0. The van der Waals surface area contributed by atoms with Gasteiger partial charge in [0.2, 0.25) is 0 Å². The molecule has 0 fully saturated rings. The number of likely N-dealkylation sites (N-methyl/N-ethyl adjacent to an activating group) is 1. The summed E-state index contributed by atoms with van der Waals surface area (Å²) in [6, 6.07) is 0. The highest BCUT2D eigenvalue weighted by Crippen LogP contribution is 2.43. The van der Waals surface area contributed by atoms with Gasteiger partial charge in [0, 0.05) is 13.0 Å². The summed E-state index contributed by atoms with van der Waals surface area (Å²) in [6.45, 7) is 5.52. The highest BCUT2D eigenvalue weighted by molar-refractivity contribution is 7.47. The lowest BCUT2D eigenvalue weighted by molar-refractivity contribution is -0.870. The summed E-state index contributed by atoms with van der Waals surface area (Å²) in [7, 11) is 1.66. The smallest absolute Gasteiger partial charge is 0.457 e. The average molecular weight is 935 g/mol. The third-order valence-electron chi connectivity index (χ3n) is 11.6. The van der Waals surface area contributed by atoms with Gasteiger partial charge in [0.1, 0.15) is 19.3 Å². The Morgan fingerprint density at radius 1 is 0.492 bits per heavy atom. The minimum atomic E-state index is -4.29. The van der Waals surface area contributed by atoms with Crippen LogP contribution in [0.1, 0.15) is 232 Å². The summed E-state index contributed by atoms with van der Waals surface area (Å²) in [5.74, 6) is -0.316. The zero-order valence-electron chi connectivity index (χ0n) is 43.2. The second kappa shape index (κ2) is 48.6. The quantitative estimate of drug-likeness (QED) is 0.0214. The van der Waals surface area contributed by atoms with Crippen molar-refractivity contribution in [2.75, 3.05) is 54.1 Å². The van der Waals surface area contributed by atoms with Crippen LogP contribution in [0.4, 0.5) is 0 Å². The zero-order chi connectivity index (χ0) is 47.6. The van der Waals surface area contributed by atoms with E-state index < -0.39 is 13.9 Å². The summed E-state index contributed by atoms with van der Waals surface area (Å²) in [5.41, 5.74) is 0. The number of phosphoric acid groups is 1. The molecule has 0 aromatic rings. The van der Waals surface area contributed by atoms with Crippen molar-refractivity contribution in [3.05, 3.63) is 60.8 Å². The molecule has 0 aliphatic rings. The molecule has 0 spiro atoms. The molecule has 0 bridgehead atoms. The number of carbonyl (C=O) groups is 1. The van der Waals surface area contributed by atoms with E-state index in [1.807, 2.05) is 21.1 Å². The fraction of sp³-hybridized carbons (Fsp3) is 0.804. The number of nitrogens with zero attached hydrogens (tertiary/aromatic N) is 1. The van der Waals surface area contributed by atoms with E-state index in [2.05, 4.69) is 74.6 Å². The fourth-order valence-corrected chi connectivity index (χ4v) is 8.16. The van der Waals surface area contributed by atoms with Crippen molar-refractivity contribution in [2.24, 2.45) is 0 Å². The number of hydrogen-bond donors (Lipinski definition) is 1. The van der Waals surface area contributed by atoms with Gasteiger partial charge in [-0.15, -0.1) is 0 Å². The van der Waals surface area contributed by atoms with Gasteiger partial charge in [0.15, 0.2) is 0 Å². The van der Waals surface area contributed by atoms with Gasteiger partial charge in [-0.25, -0.2) is 4.57 Å². The Hall–Kier alpha value is -1.80. The number of phosphoric ester groups is 1. The second-order valence-corrected chi connectivity index (χ2v) is 20.7. The predicted molar refractivity (Wildman–Crippen MR) is 279 cm³/mol. The van der Waals surface area contributed by atoms with E-state index in [0.29, 0.717) is 24.1 Å². The molecule has 2 atom stereocenters. The Kier molecular flexibility index (Phi) is 47.3. The normalized spacial score (nSPS) is 14.0. The van der Waals surface area contributed by atoms with E-state index in [-0.39, 0.29) is 25.8 Å². The molecule has 9 heteroatoms. The van der Waals surface area contributed by atoms with Crippen molar-refractivity contribution in [2.45, 2.75) is 238 Å². The van der Waals surface area contributed by atoms with E-state index in [1.54, 1.807) is 0 Å². The third kappa shape index (κ3) is 53.0. The van der Waals surface area contributed by atoms with E-state index in [4.69, 9.17) is 18.5 Å². The highest BCUT2D eigenvalue weighted by atomic mass is 31.2. The van der Waals surface area contributed by atoms with Gasteiger partial charge in [-0.2, -0.15) is 0 Å². The first-order chi connectivity index (χ1) is 31.6. The van der Waals surface area contributed by atoms with Crippen LogP contribution < -0.4 is 0 Å². The van der Waals surface area contributed by atoms with Gasteiger partial charge < -0.3 is 18.9 Å². The van der Waals surface area contributed by atoms with Crippen molar-refractivity contribution in [1.29, 1.82) is 0 Å². The molecule has 0 aliphatic carbocycles. The Morgan fingerprint density at radius 3 is 1.35 bits per heavy atom. The lowest BCUT2D eigenvalue weighted by Gasteiger charge is -2.24. The van der Waals surface area contributed by atoms with Gasteiger partial charge in [-0.1, -0.05) is 209 Å². The molecule has 0 radical (unpaired) electrons. The van der Waals surface area contributed by atoms with Crippen LogP contribution in [0.15, 0.2) is 60.8 Å². The molecule has 65 heavy (non-hydrogen) atoms. The summed E-state index contributed by atoms with van der Waals surface area (Å²) < 4.78 is 35.2. The van der Waals surface area contributed by atoms with Crippen molar-refractivity contribution >= 4 is 13.8 Å². The van der Waals surface area contributed by atoms with E-state index in [1.165, 1.54) is 154 Å². The first-order valence-corrected chi connectivity index (χ1v) is 28.5. The molecule has 0 rings (SSSR count). The maximum Gasteiger partial charge on any atom is 0.472 e. The van der Waals surface area contributed by atoms with Crippen LogP contribution in [-0.4, -0.2) is 75.6 Å². The van der Waals surface area contributed by atoms with Gasteiger partial charge in [-0.05, 0) is 77.0 Å². The van der Waals surface area contributed by atoms with Gasteiger partial charge in [-0.3, -0.25) is 13.8 Å². The van der Waals surface area contributed by atoms with Crippen LogP contribution in [0.3, 0.4) is 0 Å². The SMILES string of the molecule is CC/C=C\C/C=C\C/C=C\C/C=C\CCCCCCCCCCCCCOCC(COP(=O)(O)OCC[N+](C)(C)C)OC(=O)CCCCCCCCCCC/C=C\CCCCCCCC. The lowest BCUT2D eigenvalue weighted by Crippen LogP contribution is -2.37. The maximum absolute atomic E-state index is 12.8. The number of quaternary nitrogens is 1. The fourth-order valence-electron chi connectivity index (χ4n) is 7.42. The van der Waals surface area contributed by atoms with Gasteiger partial charge >= 0.3 is 13.8 Å². The number of unbranched alkanes of at least 4 members (excludes halogenated alkanes) is 26. The number of esters is 1. The standard InChI is InChI=1S/C56H104NO7P/c1-6-8-10-12-14-16-18-20-22-24-26-27-28-29-30-32-34-36-38-40-42-44-46-48-51-61-53-55(54-63-65(59,60)62-52-50-57(3,4)5)64-56(58)49-47-45-43-41-39-37-35-33-31-25-23-21-19-17-15-13-11-9-7-2/h8,10,14,16,20-23,26-27,55H,6-7,9,11-13,15,17-19,24-25,28-54H2,1-5H3/p+1/b10-8-,16-14-,22-20-,23-21-,27-26-. The van der Waals surface area contributed by atoms with Crippen LogP contribution >= 0.6 is 7.82 Å². The number of ether oxygens (including phenoxy) is 2. The highest BCUT2D eigenvalue weighted by Gasteiger charge is 2.26. The van der Waals surface area contributed by atoms with Crippen molar-refractivity contribution < 1.29 is 37.3 Å². The van der Waals surface area contributed by atoms with Crippen molar-refractivity contribution in [1.82, 2.24) is 0 Å². The number of hydrogen-bond acceptors (Lipinski definition) is 6. The first kappa shape index (κ1) is 63.2. The van der Waals surface area contributed by atoms with E-state index in [9.17, 15) is 14.3 Å². The Morgan fingerprint density at radius 2 is 0.892 bits per heavy atom. The Bertz CT molecular complexity index is 1220. The minimum absolute atomic E-state index is 0.0863. The van der Waals surface area contributed by atoms with Crippen LogP contribution in [0.5, 0.6) is 0 Å². The number of allylic oxidation sites excluding steroid dienone is 10. The van der Waals surface area contributed by atoms with Gasteiger partial charge in [0.25, 0.3) is 0 Å². The molecule has 380 valence electrons. The largest absolute Gasteiger partial charge is 0.472 e. The number of carbonyl (C=O) groups excluding carboxylic acids is 1. The summed E-state index contributed by atoms with van der Waals surface area (Å²) in [5, 5.41) is 0. The van der Waals surface area contributed by atoms with Crippen molar-refractivity contribution in [3.8, 4) is 0 Å². The Labute approximate surface area is 402 Å². The van der Waals surface area contributed by atoms with Gasteiger partial charge in [0.05, 0.1) is 34.4 Å². The lowest BCUT2D eigenvalue weighted by atomic mass is 10.1. The van der Waals surface area contributed by atoms with E-state index >= 15 is 0 Å². The predicted octanol–water partition coefficient (Wildman–Crippen LogP) is 16.8. The molecule has 2 unspecified atom stereocenters. The molecule has 0 aromatic heterocycles. The van der Waals surface area contributed by atoms with Crippen LogP contribution in [-0.2, 0) is 27.9 Å². The molecule has 0 saturated carbocycles. The van der Waals surface area contributed by atoms with Crippen LogP contribution in [0.25, 0.3) is 0 Å². The number of rotatable bonds is 50. The summed E-state index contributed by atoms with van der Waals surface area (Å²) in [6.07, 6.45) is 62.7. The molecular weight excluding hydrogens is 830 g/mol. The minimum Gasteiger partial charge on any atom is -0.457 e. The average Bonchev–Trinajstić information content (AvgIpc) is 3.27. The second-order valence-electron chi connectivity index (χ2n) is 19.2. The molecule has 0 aromatic carbocycles. The van der Waals surface area contributed by atoms with E-state index in [0.717, 1.165) is 57.8 Å². The molecule has 0 saturated heterocycles. The topological polar surface area (TPSA) is 91.3 Å². The molecule has 0 amide bonds. The molecular formula is C56H105NO7P+. The maximum atomic E-state index is 12.8. The molecule has 8 nitrogen and oxygen atoms in total. The summed E-state index contributed by atoms with van der Waals surface area (Å²) in [4.78, 5) is 23.0. The third-order valence-corrected chi connectivity index (χ3v) is 12.5. The van der Waals surface area contributed by atoms with Crippen LogP contribution in [0.2, 0.25) is 0 Å². The monoisotopic (exact) mass is 935 g/mol. The van der Waals surface area contributed by atoms with Crippen molar-refractivity contribution in [3.63, 3.8) is 0 Å². The van der Waals surface area contributed by atoms with Crippen LogP contribution in [0, 0.1) is 0 Å². The Balaban J connectivity index is 4.11. The summed E-state index contributed by atoms with van der Waals surface area (Å²) >= 11 is 0. The molecule has 0 aliphatic heterocycles. The zero-order valence-corrected chi connectivity index (χ0v) is 44.1.